The monoisotopic (exact) mass is 532 g/mol. The van der Waals surface area contributed by atoms with Crippen LogP contribution >= 0.6 is 22.9 Å². The molecule has 3 rings (SSSR count). The van der Waals surface area contributed by atoms with Gasteiger partial charge in [-0.2, -0.15) is 5.26 Å². The van der Waals surface area contributed by atoms with E-state index in [1.807, 2.05) is 19.1 Å². The van der Waals surface area contributed by atoms with E-state index in [2.05, 4.69) is 15.5 Å². The molecule has 35 heavy (non-hydrogen) atoms. The summed E-state index contributed by atoms with van der Waals surface area (Å²) < 4.78 is 34.8. The van der Waals surface area contributed by atoms with Crippen molar-refractivity contribution in [3.8, 4) is 17.6 Å². The molecule has 12 heteroatoms. The van der Waals surface area contributed by atoms with Crippen LogP contribution in [0.3, 0.4) is 0 Å². The molecular weight excluding hydrogens is 512 g/mol. The van der Waals surface area contributed by atoms with Crippen LogP contribution < -0.4 is 14.8 Å². The quantitative estimate of drug-likeness (QED) is 0.177. The number of amides is 1. The number of carbonyl (C=O) groups excluding carboxylic acids is 1. The number of nitrogens with zero attached hydrogens (tertiary/aromatic N) is 3. The molecule has 1 aromatic heterocycles. The van der Waals surface area contributed by atoms with Gasteiger partial charge in [-0.3, -0.25) is 10.1 Å². The van der Waals surface area contributed by atoms with Crippen molar-refractivity contribution in [2.75, 3.05) is 24.3 Å². The number of aryl methyl sites for hydroxylation is 1. The summed E-state index contributed by atoms with van der Waals surface area (Å²) in [5.74, 6) is 0.446. The molecular formula is C23H21ClN4O5S2. The largest absolute Gasteiger partial charge is 0.490 e. The van der Waals surface area contributed by atoms with Crippen LogP contribution in [0.15, 0.2) is 52.4 Å². The summed E-state index contributed by atoms with van der Waals surface area (Å²) in [5, 5.41) is 19.7. The standard InChI is InChI=1S/C23H21ClN4O5S2/c1-3-35(30,31)23-28-27-22(34-23)26-21(29)17(14-25)13-16-4-6-18(7-5-16)32-10-11-33-19-8-9-20(24)15(2)12-19/h4-9,12-13H,3,10-11H2,1-2H3,(H,26,27,29)/b17-13-. The first-order chi connectivity index (χ1) is 16.7. The van der Waals surface area contributed by atoms with Gasteiger partial charge < -0.3 is 9.47 Å². The van der Waals surface area contributed by atoms with Gasteiger partial charge in [-0.25, -0.2) is 8.42 Å². The van der Waals surface area contributed by atoms with Gasteiger partial charge in [0, 0.05) is 5.02 Å². The van der Waals surface area contributed by atoms with Gasteiger partial charge in [0.1, 0.15) is 36.4 Å². The van der Waals surface area contributed by atoms with E-state index in [4.69, 9.17) is 21.1 Å². The second-order valence-electron chi connectivity index (χ2n) is 7.08. The van der Waals surface area contributed by atoms with Crippen LogP contribution in [-0.2, 0) is 14.6 Å². The highest BCUT2D eigenvalue weighted by atomic mass is 35.5. The number of hydrogen-bond donors (Lipinski definition) is 1. The normalized spacial score (nSPS) is 11.5. The van der Waals surface area contributed by atoms with Crippen molar-refractivity contribution in [2.24, 2.45) is 0 Å². The van der Waals surface area contributed by atoms with Gasteiger partial charge in [0.2, 0.25) is 19.3 Å². The molecule has 1 N–H and O–H groups in total. The van der Waals surface area contributed by atoms with E-state index in [0.29, 0.717) is 35.3 Å². The van der Waals surface area contributed by atoms with E-state index in [9.17, 15) is 18.5 Å². The first-order valence-electron chi connectivity index (χ1n) is 10.3. The maximum Gasteiger partial charge on any atom is 0.268 e. The third-order valence-corrected chi connectivity index (χ3v) is 8.02. The second-order valence-corrected chi connectivity index (χ2v) is 10.9. The molecule has 0 aliphatic heterocycles. The van der Waals surface area contributed by atoms with Gasteiger partial charge in [0.05, 0.1) is 5.75 Å². The Balaban J connectivity index is 1.54. The molecule has 0 saturated heterocycles. The highest BCUT2D eigenvalue weighted by molar-refractivity contribution is 7.93. The Bertz CT molecular complexity index is 1380. The van der Waals surface area contributed by atoms with Crippen LogP contribution in [0.4, 0.5) is 5.13 Å². The van der Waals surface area contributed by atoms with Gasteiger partial charge in [0.25, 0.3) is 5.91 Å². The Morgan fingerprint density at radius 3 is 2.43 bits per heavy atom. The minimum atomic E-state index is -3.53. The number of halogens is 1. The fourth-order valence-corrected chi connectivity index (χ4v) is 4.78. The van der Waals surface area contributed by atoms with Crippen LogP contribution in [0.5, 0.6) is 11.5 Å². The fourth-order valence-electron chi connectivity index (χ4n) is 2.68. The SMILES string of the molecule is CCS(=O)(=O)c1nnc(NC(=O)/C(C#N)=C\c2ccc(OCCOc3ccc(Cl)c(C)c3)cc2)s1. The number of nitrogens with one attached hydrogen (secondary N) is 1. The molecule has 0 saturated carbocycles. The summed E-state index contributed by atoms with van der Waals surface area (Å²) in [6.07, 6.45) is 1.40. The third kappa shape index (κ3) is 7.26. The first-order valence-corrected chi connectivity index (χ1v) is 13.2. The number of nitriles is 1. The lowest BCUT2D eigenvalue weighted by Crippen LogP contribution is -2.13. The predicted octanol–water partition coefficient (Wildman–Crippen LogP) is 4.30. The Morgan fingerprint density at radius 2 is 1.80 bits per heavy atom. The van der Waals surface area contributed by atoms with E-state index in [-0.39, 0.29) is 20.8 Å². The minimum Gasteiger partial charge on any atom is -0.490 e. The van der Waals surface area contributed by atoms with Gasteiger partial charge in [-0.1, -0.05) is 42.0 Å². The molecule has 0 fully saturated rings. The number of anilines is 1. The summed E-state index contributed by atoms with van der Waals surface area (Å²) in [6.45, 7) is 4.04. The maximum absolute atomic E-state index is 12.4. The fraction of sp³-hybridized carbons (Fsp3) is 0.217. The smallest absolute Gasteiger partial charge is 0.268 e. The van der Waals surface area contributed by atoms with Gasteiger partial charge in [0.15, 0.2) is 0 Å². The van der Waals surface area contributed by atoms with Crippen molar-refractivity contribution in [1.29, 1.82) is 5.26 Å². The van der Waals surface area contributed by atoms with Crippen LogP contribution in [-0.4, -0.2) is 43.5 Å². The first kappa shape index (κ1) is 26.2. The molecule has 0 spiro atoms. The Labute approximate surface area is 211 Å². The molecule has 3 aromatic rings. The maximum atomic E-state index is 12.4. The lowest BCUT2D eigenvalue weighted by atomic mass is 10.1. The third-order valence-electron chi connectivity index (χ3n) is 4.58. The Morgan fingerprint density at radius 1 is 1.14 bits per heavy atom. The number of rotatable bonds is 10. The average molecular weight is 533 g/mol. The number of sulfone groups is 1. The summed E-state index contributed by atoms with van der Waals surface area (Å²) in [7, 11) is -3.53. The molecule has 0 atom stereocenters. The number of aromatic nitrogens is 2. The van der Waals surface area contributed by atoms with Crippen LogP contribution in [0.2, 0.25) is 5.02 Å². The lowest BCUT2D eigenvalue weighted by Gasteiger charge is -2.09. The van der Waals surface area contributed by atoms with E-state index < -0.39 is 15.7 Å². The summed E-state index contributed by atoms with van der Waals surface area (Å²) in [4.78, 5) is 12.4. The molecule has 0 unspecified atom stereocenters. The van der Waals surface area contributed by atoms with E-state index >= 15 is 0 Å². The molecule has 0 bridgehead atoms. The molecule has 0 radical (unpaired) electrons. The summed E-state index contributed by atoms with van der Waals surface area (Å²) in [5.41, 5.74) is 1.35. The number of benzene rings is 2. The second kappa shape index (κ2) is 11.8. The molecule has 182 valence electrons. The number of hydrogen-bond acceptors (Lipinski definition) is 9. The van der Waals surface area contributed by atoms with Crippen LogP contribution in [0, 0.1) is 18.3 Å². The van der Waals surface area contributed by atoms with Crippen LogP contribution in [0.1, 0.15) is 18.1 Å². The minimum absolute atomic E-state index is 0.0112. The zero-order chi connectivity index (χ0) is 25.4. The van der Waals surface area contributed by atoms with Crippen molar-refractivity contribution < 1.29 is 22.7 Å². The molecule has 0 aliphatic rings. The Hall–Kier alpha value is -3.46. The zero-order valence-electron chi connectivity index (χ0n) is 18.8. The zero-order valence-corrected chi connectivity index (χ0v) is 21.2. The molecule has 0 aliphatic carbocycles. The van der Waals surface area contributed by atoms with E-state index in [0.717, 1.165) is 16.9 Å². The van der Waals surface area contributed by atoms with Crippen molar-refractivity contribution in [1.82, 2.24) is 10.2 Å². The van der Waals surface area contributed by atoms with Crippen LogP contribution in [0.25, 0.3) is 6.08 Å². The highest BCUT2D eigenvalue weighted by Crippen LogP contribution is 2.23. The van der Waals surface area contributed by atoms with Crippen molar-refractivity contribution in [3.05, 3.63) is 64.2 Å². The Kier molecular flexibility index (Phi) is 8.81. The van der Waals surface area contributed by atoms with Gasteiger partial charge in [-0.15, -0.1) is 10.2 Å². The molecule has 1 amide bonds. The van der Waals surface area contributed by atoms with Gasteiger partial charge >= 0.3 is 0 Å². The molecule has 1 heterocycles. The van der Waals surface area contributed by atoms with Crippen molar-refractivity contribution >= 4 is 49.9 Å². The van der Waals surface area contributed by atoms with Gasteiger partial charge in [-0.05, 0) is 54.5 Å². The summed E-state index contributed by atoms with van der Waals surface area (Å²) in [6, 6.07) is 14.0. The topological polar surface area (TPSA) is 131 Å². The number of carbonyl (C=O) groups is 1. The predicted molar refractivity (Wildman–Crippen MR) is 133 cm³/mol. The highest BCUT2D eigenvalue weighted by Gasteiger charge is 2.19. The average Bonchev–Trinajstić information content (AvgIpc) is 3.32. The molecule has 2 aromatic carbocycles. The summed E-state index contributed by atoms with van der Waals surface area (Å²) >= 11 is 6.73. The van der Waals surface area contributed by atoms with E-state index in [1.54, 1.807) is 36.4 Å². The van der Waals surface area contributed by atoms with E-state index in [1.165, 1.54) is 13.0 Å². The van der Waals surface area contributed by atoms with Crippen molar-refractivity contribution in [2.45, 2.75) is 18.2 Å². The number of ether oxygens (including phenoxy) is 2. The lowest BCUT2D eigenvalue weighted by molar-refractivity contribution is -0.112. The van der Waals surface area contributed by atoms with Crippen molar-refractivity contribution in [3.63, 3.8) is 0 Å². The molecule has 9 nitrogen and oxygen atoms in total.